The van der Waals surface area contributed by atoms with Crippen LogP contribution in [0.2, 0.25) is 0 Å². The van der Waals surface area contributed by atoms with Gasteiger partial charge < -0.3 is 14.7 Å². The maximum Gasteiger partial charge on any atom is 0.326 e. The minimum atomic E-state index is -0.981. The molecule has 0 aliphatic carbocycles. The highest BCUT2D eigenvalue weighted by atomic mass is 19.1. The van der Waals surface area contributed by atoms with Crippen LogP contribution in [-0.2, 0) is 9.59 Å². The Morgan fingerprint density at radius 2 is 2.15 bits per heavy atom. The van der Waals surface area contributed by atoms with Crippen molar-refractivity contribution in [1.29, 1.82) is 0 Å². The van der Waals surface area contributed by atoms with Gasteiger partial charge in [-0.25, -0.2) is 9.18 Å². The van der Waals surface area contributed by atoms with Gasteiger partial charge in [0.1, 0.15) is 6.04 Å². The summed E-state index contributed by atoms with van der Waals surface area (Å²) in [4.78, 5) is 24.3. The molecule has 0 spiro atoms. The summed E-state index contributed by atoms with van der Waals surface area (Å²) in [5.41, 5.74) is 0. The average molecular weight is 281 g/mol. The van der Waals surface area contributed by atoms with E-state index in [1.165, 1.54) is 17.0 Å². The lowest BCUT2D eigenvalue weighted by atomic mass is 10.2. The van der Waals surface area contributed by atoms with E-state index in [2.05, 4.69) is 0 Å². The normalized spacial score (nSPS) is 18.1. The van der Waals surface area contributed by atoms with Gasteiger partial charge in [-0.2, -0.15) is 0 Å². The van der Waals surface area contributed by atoms with E-state index in [1.807, 2.05) is 0 Å². The van der Waals surface area contributed by atoms with Crippen LogP contribution in [0.25, 0.3) is 0 Å². The quantitative estimate of drug-likeness (QED) is 0.891. The lowest BCUT2D eigenvalue weighted by Crippen LogP contribution is -2.40. The zero-order chi connectivity index (χ0) is 14.5. The second-order valence-corrected chi connectivity index (χ2v) is 4.61. The van der Waals surface area contributed by atoms with Crippen LogP contribution < -0.4 is 4.74 Å². The van der Waals surface area contributed by atoms with Gasteiger partial charge >= 0.3 is 5.97 Å². The summed E-state index contributed by atoms with van der Waals surface area (Å²) in [7, 11) is 0. The van der Waals surface area contributed by atoms with E-state index in [0.717, 1.165) is 0 Å². The second-order valence-electron chi connectivity index (χ2n) is 4.61. The van der Waals surface area contributed by atoms with Crippen molar-refractivity contribution in [2.75, 3.05) is 13.2 Å². The number of para-hydroxylation sites is 1. The summed E-state index contributed by atoms with van der Waals surface area (Å²) in [6, 6.07) is 5.21. The molecule has 2 rings (SSSR count). The number of carboxylic acids is 1. The number of hydrogen-bond donors (Lipinski definition) is 1. The molecule has 0 bridgehead atoms. The molecule has 1 amide bonds. The lowest BCUT2D eigenvalue weighted by Gasteiger charge is -2.21. The third-order valence-electron chi connectivity index (χ3n) is 3.27. The molecule has 1 heterocycles. The fourth-order valence-electron chi connectivity index (χ4n) is 2.28. The number of ether oxygens (including phenoxy) is 1. The molecule has 0 saturated carbocycles. The topological polar surface area (TPSA) is 66.8 Å². The number of likely N-dealkylation sites (tertiary alicyclic amines) is 1. The van der Waals surface area contributed by atoms with Gasteiger partial charge in [-0.05, 0) is 25.0 Å². The number of halogens is 1. The second kappa shape index (κ2) is 6.36. The molecule has 1 saturated heterocycles. The van der Waals surface area contributed by atoms with Crippen LogP contribution in [0.1, 0.15) is 19.3 Å². The molecule has 1 aromatic carbocycles. The molecule has 0 radical (unpaired) electrons. The van der Waals surface area contributed by atoms with Gasteiger partial charge in [0.2, 0.25) is 5.91 Å². The molecule has 1 atom stereocenters. The molecule has 1 N–H and O–H groups in total. The van der Waals surface area contributed by atoms with Crippen molar-refractivity contribution >= 4 is 11.9 Å². The highest BCUT2D eigenvalue weighted by molar-refractivity contribution is 5.84. The van der Waals surface area contributed by atoms with E-state index in [-0.39, 0.29) is 24.7 Å². The van der Waals surface area contributed by atoms with Gasteiger partial charge in [0.15, 0.2) is 11.6 Å². The maximum absolute atomic E-state index is 13.3. The Morgan fingerprint density at radius 3 is 2.85 bits per heavy atom. The molecule has 1 aliphatic rings. The number of benzene rings is 1. The van der Waals surface area contributed by atoms with Gasteiger partial charge in [-0.15, -0.1) is 0 Å². The number of rotatable bonds is 5. The summed E-state index contributed by atoms with van der Waals surface area (Å²) in [5.74, 6) is -1.64. The Morgan fingerprint density at radius 1 is 1.40 bits per heavy atom. The number of carboxylic acid groups (broad SMARTS) is 1. The van der Waals surface area contributed by atoms with E-state index in [1.54, 1.807) is 12.1 Å². The summed E-state index contributed by atoms with van der Waals surface area (Å²) >= 11 is 0. The smallest absolute Gasteiger partial charge is 0.326 e. The first-order chi connectivity index (χ1) is 9.59. The molecule has 0 unspecified atom stereocenters. The summed E-state index contributed by atoms with van der Waals surface area (Å²) < 4.78 is 18.5. The third-order valence-corrected chi connectivity index (χ3v) is 3.27. The number of hydrogen-bond acceptors (Lipinski definition) is 3. The van der Waals surface area contributed by atoms with E-state index >= 15 is 0 Å². The molecular formula is C14H16FNO4. The van der Waals surface area contributed by atoms with Crippen molar-refractivity contribution in [3.63, 3.8) is 0 Å². The van der Waals surface area contributed by atoms with Crippen molar-refractivity contribution in [2.24, 2.45) is 0 Å². The molecule has 108 valence electrons. The number of carbonyl (C=O) groups excluding carboxylic acids is 1. The standard InChI is InChI=1S/C14H16FNO4/c15-10-4-1-2-6-12(10)20-9-7-13(17)16-8-3-5-11(16)14(18)19/h1-2,4,6,11H,3,5,7-9H2,(H,18,19)/t11-/m1/s1. The van der Waals surface area contributed by atoms with Crippen LogP contribution >= 0.6 is 0 Å². The minimum Gasteiger partial charge on any atom is -0.490 e. The summed E-state index contributed by atoms with van der Waals surface area (Å²) in [6.45, 7) is 0.484. The van der Waals surface area contributed by atoms with Crippen molar-refractivity contribution in [3.8, 4) is 5.75 Å². The van der Waals surface area contributed by atoms with Gasteiger partial charge in [0, 0.05) is 6.54 Å². The maximum atomic E-state index is 13.3. The molecule has 6 heteroatoms. The Balaban J connectivity index is 1.84. The summed E-state index contributed by atoms with van der Waals surface area (Å²) in [5, 5.41) is 9.00. The van der Waals surface area contributed by atoms with E-state index in [4.69, 9.17) is 9.84 Å². The molecular weight excluding hydrogens is 265 g/mol. The number of carbonyl (C=O) groups is 2. The highest BCUT2D eigenvalue weighted by Crippen LogP contribution is 2.19. The Bertz CT molecular complexity index is 506. The lowest BCUT2D eigenvalue weighted by molar-refractivity contribution is -0.148. The van der Waals surface area contributed by atoms with Crippen molar-refractivity contribution in [1.82, 2.24) is 4.90 Å². The Labute approximate surface area is 116 Å². The third kappa shape index (κ3) is 3.26. The van der Waals surface area contributed by atoms with Gasteiger partial charge in [-0.3, -0.25) is 4.79 Å². The first kappa shape index (κ1) is 14.3. The highest BCUT2D eigenvalue weighted by Gasteiger charge is 2.33. The Hall–Kier alpha value is -2.11. The zero-order valence-corrected chi connectivity index (χ0v) is 10.9. The fraction of sp³-hybridized carbons (Fsp3) is 0.429. The van der Waals surface area contributed by atoms with Crippen molar-refractivity contribution in [2.45, 2.75) is 25.3 Å². The number of aliphatic carboxylic acids is 1. The minimum absolute atomic E-state index is 0.0304. The van der Waals surface area contributed by atoms with Gasteiger partial charge in [0.25, 0.3) is 0 Å². The predicted octanol–water partition coefficient (Wildman–Crippen LogP) is 1.67. The average Bonchev–Trinajstić information content (AvgIpc) is 2.90. The fourth-order valence-corrected chi connectivity index (χ4v) is 2.28. The van der Waals surface area contributed by atoms with E-state index in [0.29, 0.717) is 19.4 Å². The van der Waals surface area contributed by atoms with Crippen molar-refractivity contribution in [3.05, 3.63) is 30.1 Å². The predicted molar refractivity (Wildman–Crippen MR) is 68.9 cm³/mol. The molecule has 1 aliphatic heterocycles. The monoisotopic (exact) mass is 281 g/mol. The van der Waals surface area contributed by atoms with E-state index < -0.39 is 17.8 Å². The number of amides is 1. The first-order valence-corrected chi connectivity index (χ1v) is 6.49. The summed E-state index contributed by atoms with van der Waals surface area (Å²) in [6.07, 6.45) is 1.21. The van der Waals surface area contributed by atoms with Crippen LogP contribution in [0.5, 0.6) is 5.75 Å². The Kier molecular flexibility index (Phi) is 4.55. The SMILES string of the molecule is O=C(O)[C@H]1CCCN1C(=O)CCOc1ccccc1F. The van der Waals surface area contributed by atoms with Gasteiger partial charge in [0.05, 0.1) is 13.0 Å². The largest absolute Gasteiger partial charge is 0.490 e. The molecule has 0 aromatic heterocycles. The van der Waals surface area contributed by atoms with Gasteiger partial charge in [-0.1, -0.05) is 12.1 Å². The van der Waals surface area contributed by atoms with Crippen LogP contribution in [0.4, 0.5) is 4.39 Å². The molecule has 20 heavy (non-hydrogen) atoms. The van der Waals surface area contributed by atoms with Crippen LogP contribution in [-0.4, -0.2) is 41.1 Å². The number of nitrogens with zero attached hydrogens (tertiary/aromatic N) is 1. The van der Waals surface area contributed by atoms with Crippen LogP contribution in [0.15, 0.2) is 24.3 Å². The zero-order valence-electron chi connectivity index (χ0n) is 10.9. The molecule has 1 aromatic rings. The van der Waals surface area contributed by atoms with Crippen molar-refractivity contribution < 1.29 is 23.8 Å². The molecule has 5 nitrogen and oxygen atoms in total. The van der Waals surface area contributed by atoms with E-state index in [9.17, 15) is 14.0 Å². The van der Waals surface area contributed by atoms with Crippen LogP contribution in [0.3, 0.4) is 0 Å². The molecule has 1 fully saturated rings. The van der Waals surface area contributed by atoms with Crippen LogP contribution in [0, 0.1) is 5.82 Å². The first-order valence-electron chi connectivity index (χ1n) is 6.49.